The topological polar surface area (TPSA) is 137 Å². The summed E-state index contributed by atoms with van der Waals surface area (Å²) < 4.78 is 14.4. The quantitative estimate of drug-likeness (QED) is 0.318. The number of fused-ring (bicyclic) bond motifs is 1. The van der Waals surface area contributed by atoms with Crippen LogP contribution in [0.1, 0.15) is 63.7 Å². The number of aryl methyl sites for hydroxylation is 1. The Bertz CT molecular complexity index is 1640. The number of aromatic nitrogens is 3. The van der Waals surface area contributed by atoms with Crippen molar-refractivity contribution in [2.75, 3.05) is 0 Å². The first-order valence-electron chi connectivity index (χ1n) is 13.3. The van der Waals surface area contributed by atoms with E-state index < -0.39 is 34.5 Å². The lowest BCUT2D eigenvalue weighted by Crippen LogP contribution is -2.52. The molecule has 11 heteroatoms. The van der Waals surface area contributed by atoms with E-state index in [1.807, 2.05) is 37.3 Å². The zero-order chi connectivity index (χ0) is 28.8. The first-order chi connectivity index (χ1) is 18.9. The molecule has 5 rings (SSSR count). The zero-order valence-electron chi connectivity index (χ0n) is 22.9. The van der Waals surface area contributed by atoms with Crippen molar-refractivity contribution in [3.63, 3.8) is 0 Å². The van der Waals surface area contributed by atoms with E-state index in [0.717, 1.165) is 10.1 Å². The lowest BCUT2D eigenvalue weighted by molar-refractivity contribution is -0.146. The molecule has 1 saturated carbocycles. The van der Waals surface area contributed by atoms with Crippen molar-refractivity contribution in [3.05, 3.63) is 74.8 Å². The number of hydrogen-bond acceptors (Lipinski definition) is 8. The monoisotopic (exact) mass is 567 g/mol. The van der Waals surface area contributed by atoms with Crippen molar-refractivity contribution in [1.29, 1.82) is 0 Å². The lowest BCUT2D eigenvalue weighted by Gasteiger charge is -2.35. The Hall–Kier alpha value is -3.54. The minimum atomic E-state index is -1.81. The van der Waals surface area contributed by atoms with Gasteiger partial charge in [0, 0.05) is 0 Å². The van der Waals surface area contributed by atoms with Gasteiger partial charge in [-0.1, -0.05) is 30.3 Å². The van der Waals surface area contributed by atoms with Crippen molar-refractivity contribution < 1.29 is 24.2 Å². The van der Waals surface area contributed by atoms with E-state index in [2.05, 4.69) is 4.98 Å². The molecule has 1 aliphatic carbocycles. The maximum absolute atomic E-state index is 14.0. The minimum absolute atomic E-state index is 0.0488. The van der Waals surface area contributed by atoms with E-state index >= 15 is 0 Å². The fourth-order valence-electron chi connectivity index (χ4n) is 5.28. The first-order valence-corrected chi connectivity index (χ1v) is 14.1. The number of aliphatic hydroxyl groups is 1. The van der Waals surface area contributed by atoms with Gasteiger partial charge in [-0.3, -0.25) is 9.36 Å². The number of ether oxygens (including phenoxy) is 1. The summed E-state index contributed by atoms with van der Waals surface area (Å²) >= 11 is 1.20. The summed E-state index contributed by atoms with van der Waals surface area (Å²) in [6.07, 6.45) is 4.76. The number of oxazole rings is 1. The van der Waals surface area contributed by atoms with Crippen LogP contribution in [0.3, 0.4) is 0 Å². The summed E-state index contributed by atoms with van der Waals surface area (Å²) in [5, 5.41) is 20.6. The molecule has 40 heavy (non-hydrogen) atoms. The largest absolute Gasteiger partial charge is 0.480 e. The number of benzene rings is 1. The molecule has 3 heterocycles. The van der Waals surface area contributed by atoms with Gasteiger partial charge in [-0.2, -0.15) is 0 Å². The van der Waals surface area contributed by atoms with E-state index in [-0.39, 0.29) is 18.0 Å². The van der Waals surface area contributed by atoms with Crippen molar-refractivity contribution in [1.82, 2.24) is 14.1 Å². The number of carbonyl (C=O) groups is 1. The fraction of sp³-hybridized carbons (Fsp3) is 0.448. The number of thiophene rings is 1. The molecule has 4 aromatic rings. The van der Waals surface area contributed by atoms with Crippen LogP contribution in [0.25, 0.3) is 21.0 Å². The van der Waals surface area contributed by atoms with Gasteiger partial charge in [-0.05, 0) is 64.5 Å². The van der Waals surface area contributed by atoms with Crippen LogP contribution in [0.2, 0.25) is 0 Å². The summed E-state index contributed by atoms with van der Waals surface area (Å²) in [5.41, 5.74) is -2.55. The van der Waals surface area contributed by atoms with E-state index in [4.69, 9.17) is 9.15 Å². The van der Waals surface area contributed by atoms with E-state index in [9.17, 15) is 24.6 Å². The van der Waals surface area contributed by atoms with Crippen LogP contribution < -0.4 is 11.2 Å². The second-order valence-corrected chi connectivity index (χ2v) is 12.2. The van der Waals surface area contributed by atoms with Gasteiger partial charge in [0.1, 0.15) is 22.7 Å². The highest BCUT2D eigenvalue weighted by Crippen LogP contribution is 2.37. The van der Waals surface area contributed by atoms with Crippen LogP contribution in [0.4, 0.5) is 0 Å². The predicted octanol–water partition coefficient (Wildman–Crippen LogP) is 4.46. The average Bonchev–Trinajstić information content (AvgIpc) is 3.55. The van der Waals surface area contributed by atoms with Gasteiger partial charge in [0.25, 0.3) is 5.56 Å². The standard InChI is InChI=1S/C29H33N3O7S/c1-17-21-24(33)32(28(2,3)26(34)35)27(36)31(25(21)40-22(17)23-30-14-15-38-23)16-20(18-8-6-5-7-9-18)39-19-10-12-29(4,37)13-11-19/h5-9,14-15,19-20,37H,10-13,16H2,1-4H3,(H,34,35)/t19-,20?,29+. The molecule has 1 aromatic carbocycles. The molecule has 212 valence electrons. The Morgan fingerprint density at radius 1 is 1.25 bits per heavy atom. The molecule has 3 aromatic heterocycles. The van der Waals surface area contributed by atoms with Crippen LogP contribution in [-0.4, -0.2) is 42.0 Å². The Kier molecular flexibility index (Phi) is 7.32. The molecular formula is C29H33N3O7S. The molecule has 1 aliphatic rings. The number of hydrogen-bond donors (Lipinski definition) is 2. The van der Waals surface area contributed by atoms with Crippen molar-refractivity contribution in [3.8, 4) is 10.8 Å². The molecule has 0 amide bonds. The Morgan fingerprint density at radius 2 is 1.93 bits per heavy atom. The summed E-state index contributed by atoms with van der Waals surface area (Å²) in [7, 11) is 0. The molecule has 0 aliphatic heterocycles. The predicted molar refractivity (Wildman–Crippen MR) is 151 cm³/mol. The molecule has 0 radical (unpaired) electrons. The first kappa shape index (κ1) is 28.0. The fourth-order valence-corrected chi connectivity index (χ4v) is 6.52. The third-order valence-electron chi connectivity index (χ3n) is 7.81. The van der Waals surface area contributed by atoms with Crippen molar-refractivity contribution in [2.24, 2.45) is 0 Å². The summed E-state index contributed by atoms with van der Waals surface area (Å²) in [5.74, 6) is -0.991. The number of nitrogens with zero attached hydrogens (tertiary/aromatic N) is 3. The van der Waals surface area contributed by atoms with Crippen LogP contribution >= 0.6 is 11.3 Å². The summed E-state index contributed by atoms with van der Waals surface area (Å²) in [4.78, 5) is 45.3. The SMILES string of the molecule is Cc1c(-c2ncco2)sc2c1c(=O)n(C(C)(C)C(=O)O)c(=O)n2CC(O[C@H]1CC[C@@](C)(O)CC1)c1ccccc1. The van der Waals surface area contributed by atoms with Gasteiger partial charge in [-0.25, -0.2) is 19.1 Å². The summed E-state index contributed by atoms with van der Waals surface area (Å²) in [6.45, 7) is 6.29. The van der Waals surface area contributed by atoms with Gasteiger partial charge < -0.3 is 19.4 Å². The van der Waals surface area contributed by atoms with Crippen LogP contribution in [-0.2, 0) is 21.6 Å². The highest BCUT2D eigenvalue weighted by molar-refractivity contribution is 7.22. The molecule has 1 unspecified atom stereocenters. The van der Waals surface area contributed by atoms with Gasteiger partial charge in [0.15, 0.2) is 0 Å². The molecule has 0 spiro atoms. The highest BCUT2D eigenvalue weighted by Gasteiger charge is 2.36. The molecule has 2 N–H and O–H groups in total. The maximum atomic E-state index is 14.0. The van der Waals surface area contributed by atoms with Crippen LogP contribution in [0.15, 0.2) is 56.8 Å². The van der Waals surface area contributed by atoms with Gasteiger partial charge in [0.05, 0.1) is 34.7 Å². The highest BCUT2D eigenvalue weighted by atomic mass is 32.1. The second-order valence-electron chi connectivity index (χ2n) is 11.2. The van der Waals surface area contributed by atoms with E-state index in [0.29, 0.717) is 46.8 Å². The average molecular weight is 568 g/mol. The lowest BCUT2D eigenvalue weighted by atomic mass is 9.85. The molecule has 0 saturated heterocycles. The van der Waals surface area contributed by atoms with Crippen LogP contribution in [0, 0.1) is 6.92 Å². The van der Waals surface area contributed by atoms with Gasteiger partial charge in [0.2, 0.25) is 5.89 Å². The molecule has 1 fully saturated rings. The maximum Gasteiger partial charge on any atom is 0.333 e. The smallest absolute Gasteiger partial charge is 0.333 e. The molecular weight excluding hydrogens is 534 g/mol. The third kappa shape index (κ3) is 5.04. The Labute approximate surface area is 234 Å². The van der Waals surface area contributed by atoms with E-state index in [1.54, 1.807) is 6.92 Å². The molecule has 10 nitrogen and oxygen atoms in total. The molecule has 1 atom stereocenters. The van der Waals surface area contributed by atoms with Gasteiger partial charge in [-0.15, -0.1) is 11.3 Å². The number of aliphatic carboxylic acids is 1. The number of carboxylic acids is 1. The van der Waals surface area contributed by atoms with Crippen molar-refractivity contribution in [2.45, 2.75) is 83.3 Å². The second kappa shape index (κ2) is 10.5. The minimum Gasteiger partial charge on any atom is -0.480 e. The number of rotatable bonds is 8. The number of carboxylic acid groups (broad SMARTS) is 1. The third-order valence-corrected chi connectivity index (χ3v) is 9.11. The molecule has 0 bridgehead atoms. The van der Waals surface area contributed by atoms with Gasteiger partial charge >= 0.3 is 11.7 Å². The zero-order valence-corrected chi connectivity index (χ0v) is 23.7. The Balaban J connectivity index is 1.69. The van der Waals surface area contributed by atoms with Crippen molar-refractivity contribution >= 4 is 27.5 Å². The van der Waals surface area contributed by atoms with Crippen LogP contribution in [0.5, 0.6) is 0 Å². The Morgan fingerprint density at radius 3 is 2.52 bits per heavy atom. The van der Waals surface area contributed by atoms with E-state index in [1.165, 1.54) is 42.2 Å². The summed E-state index contributed by atoms with van der Waals surface area (Å²) in [6, 6.07) is 9.51. The normalized spacial score (nSPS) is 20.6.